The molecule has 4 heterocycles. The van der Waals surface area contributed by atoms with Gasteiger partial charge in [0.05, 0.1) is 24.4 Å². The van der Waals surface area contributed by atoms with Crippen molar-refractivity contribution in [2.75, 3.05) is 54.9 Å². The number of nitrogen functional groups attached to an aromatic ring is 1. The minimum absolute atomic E-state index is 0.0956. The fourth-order valence-corrected chi connectivity index (χ4v) is 6.82. The first kappa shape index (κ1) is 23.8. The summed E-state index contributed by atoms with van der Waals surface area (Å²) in [5.74, 6) is 1.98. The summed E-state index contributed by atoms with van der Waals surface area (Å²) < 4.78 is 5.45. The maximum absolute atomic E-state index is 6.73. The topological polar surface area (TPSA) is 106 Å². The van der Waals surface area contributed by atoms with Gasteiger partial charge < -0.3 is 26.0 Å². The summed E-state index contributed by atoms with van der Waals surface area (Å²) in [6, 6.07) is 10.6. The van der Waals surface area contributed by atoms with E-state index in [1.54, 1.807) is 6.20 Å². The van der Waals surface area contributed by atoms with Crippen LogP contribution in [0.1, 0.15) is 30.0 Å². The lowest BCUT2D eigenvalue weighted by Gasteiger charge is -2.42. The SMILES string of the molecule is Nc1nc(N2CCC3(CC2)Cc2ccccc2[C@H]3N)cnc1Sc1ccnc(N2CCOCC2)c1Cl. The molecule has 10 heteroatoms. The summed E-state index contributed by atoms with van der Waals surface area (Å²) in [4.78, 5) is 19.1. The van der Waals surface area contributed by atoms with Crippen LogP contribution in [-0.2, 0) is 11.2 Å². The Balaban J connectivity index is 1.14. The van der Waals surface area contributed by atoms with Gasteiger partial charge in [-0.15, -0.1) is 0 Å². The zero-order chi connectivity index (χ0) is 24.7. The number of halogens is 1. The molecule has 0 unspecified atom stereocenters. The van der Waals surface area contributed by atoms with Crippen LogP contribution in [0.3, 0.4) is 0 Å². The number of fused-ring (bicyclic) bond motifs is 1. The molecule has 0 radical (unpaired) electrons. The van der Waals surface area contributed by atoms with Crippen molar-refractivity contribution < 1.29 is 4.74 Å². The van der Waals surface area contributed by atoms with Gasteiger partial charge in [-0.3, -0.25) is 0 Å². The second kappa shape index (κ2) is 9.70. The van der Waals surface area contributed by atoms with E-state index in [1.165, 1.54) is 22.9 Å². The van der Waals surface area contributed by atoms with Crippen LogP contribution in [0.5, 0.6) is 0 Å². The maximum atomic E-state index is 6.73. The van der Waals surface area contributed by atoms with Crippen LogP contribution in [-0.4, -0.2) is 54.3 Å². The molecular weight excluding hydrogens is 494 g/mol. The van der Waals surface area contributed by atoms with Gasteiger partial charge in [0.2, 0.25) is 0 Å². The number of piperidine rings is 1. The molecule has 2 fully saturated rings. The number of pyridine rings is 1. The normalized spacial score (nSPS) is 21.1. The number of hydrogen-bond donors (Lipinski definition) is 2. The Bertz CT molecular complexity index is 1260. The number of anilines is 3. The van der Waals surface area contributed by atoms with Gasteiger partial charge in [0.25, 0.3) is 0 Å². The fourth-order valence-electron chi connectivity index (χ4n) is 5.69. The van der Waals surface area contributed by atoms with E-state index in [9.17, 15) is 0 Å². The van der Waals surface area contributed by atoms with E-state index < -0.39 is 0 Å². The number of ether oxygens (including phenoxy) is 1. The lowest BCUT2D eigenvalue weighted by atomic mass is 9.73. The highest BCUT2D eigenvalue weighted by Crippen LogP contribution is 2.51. The van der Waals surface area contributed by atoms with Gasteiger partial charge in [0.1, 0.15) is 16.7 Å². The van der Waals surface area contributed by atoms with E-state index in [2.05, 4.69) is 44.0 Å². The second-order valence-corrected chi connectivity index (χ2v) is 11.2. The first-order valence-electron chi connectivity index (χ1n) is 12.4. The molecule has 0 bridgehead atoms. The van der Waals surface area contributed by atoms with E-state index in [4.69, 9.17) is 32.8 Å². The molecule has 1 spiro atoms. The maximum Gasteiger partial charge on any atom is 0.158 e. The third-order valence-electron chi connectivity index (χ3n) is 7.78. The van der Waals surface area contributed by atoms with Crippen LogP contribution in [0.4, 0.5) is 17.5 Å². The molecule has 2 saturated heterocycles. The number of aromatic nitrogens is 3. The Morgan fingerprint density at radius 3 is 2.56 bits per heavy atom. The zero-order valence-corrected chi connectivity index (χ0v) is 21.6. The number of nitrogens with two attached hydrogens (primary N) is 2. The highest BCUT2D eigenvalue weighted by Gasteiger charge is 2.45. The lowest BCUT2D eigenvalue weighted by Crippen LogP contribution is -2.44. The van der Waals surface area contributed by atoms with Crippen LogP contribution in [0.25, 0.3) is 0 Å². The molecule has 36 heavy (non-hydrogen) atoms. The predicted octanol–water partition coefficient (Wildman–Crippen LogP) is 3.94. The Labute approximate surface area is 220 Å². The van der Waals surface area contributed by atoms with E-state index >= 15 is 0 Å². The molecule has 0 amide bonds. The van der Waals surface area contributed by atoms with Gasteiger partial charge in [-0.1, -0.05) is 47.6 Å². The highest BCUT2D eigenvalue weighted by atomic mass is 35.5. The number of nitrogens with zero attached hydrogens (tertiary/aromatic N) is 5. The minimum atomic E-state index is 0.0956. The van der Waals surface area contributed by atoms with Crippen molar-refractivity contribution in [3.63, 3.8) is 0 Å². The minimum Gasteiger partial charge on any atom is -0.381 e. The molecule has 0 saturated carbocycles. The zero-order valence-electron chi connectivity index (χ0n) is 20.1. The summed E-state index contributed by atoms with van der Waals surface area (Å²) in [5.41, 5.74) is 15.9. The molecule has 3 aromatic rings. The van der Waals surface area contributed by atoms with Crippen LogP contribution in [0.15, 0.2) is 52.6 Å². The van der Waals surface area contributed by atoms with E-state index in [-0.39, 0.29) is 11.5 Å². The third-order valence-corrected chi connectivity index (χ3v) is 9.33. The first-order valence-corrected chi connectivity index (χ1v) is 13.6. The number of benzene rings is 1. The van der Waals surface area contributed by atoms with Gasteiger partial charge in [0, 0.05) is 43.3 Å². The third kappa shape index (κ3) is 4.28. The quantitative estimate of drug-likeness (QED) is 0.525. The van der Waals surface area contributed by atoms with Crippen molar-refractivity contribution in [1.82, 2.24) is 15.0 Å². The van der Waals surface area contributed by atoms with Crippen LogP contribution in [0, 0.1) is 5.41 Å². The largest absolute Gasteiger partial charge is 0.381 e. The smallest absolute Gasteiger partial charge is 0.158 e. The molecule has 1 aliphatic carbocycles. The molecule has 188 valence electrons. The number of hydrogen-bond acceptors (Lipinski definition) is 9. The first-order chi connectivity index (χ1) is 17.5. The molecular formula is C26H30ClN7OS. The monoisotopic (exact) mass is 523 g/mol. The molecule has 3 aliphatic rings. The molecule has 8 nitrogen and oxygen atoms in total. The van der Waals surface area contributed by atoms with Gasteiger partial charge in [-0.05, 0) is 41.9 Å². The van der Waals surface area contributed by atoms with Gasteiger partial charge in [-0.25, -0.2) is 15.0 Å². The van der Waals surface area contributed by atoms with Crippen molar-refractivity contribution in [2.45, 2.75) is 35.2 Å². The van der Waals surface area contributed by atoms with Crippen molar-refractivity contribution in [2.24, 2.45) is 11.1 Å². The van der Waals surface area contributed by atoms with Gasteiger partial charge in [0.15, 0.2) is 5.82 Å². The highest BCUT2D eigenvalue weighted by molar-refractivity contribution is 7.99. The Morgan fingerprint density at radius 1 is 1.03 bits per heavy atom. The van der Waals surface area contributed by atoms with Crippen LogP contribution in [0.2, 0.25) is 5.02 Å². The van der Waals surface area contributed by atoms with E-state index in [0.717, 1.165) is 62.0 Å². The summed E-state index contributed by atoms with van der Waals surface area (Å²) in [6.07, 6.45) is 6.70. The van der Waals surface area contributed by atoms with Gasteiger partial charge >= 0.3 is 0 Å². The molecule has 2 aromatic heterocycles. The van der Waals surface area contributed by atoms with Crippen molar-refractivity contribution in [1.29, 1.82) is 0 Å². The summed E-state index contributed by atoms with van der Waals surface area (Å²) in [7, 11) is 0. The molecule has 1 atom stereocenters. The Morgan fingerprint density at radius 2 is 1.81 bits per heavy atom. The van der Waals surface area contributed by atoms with Crippen molar-refractivity contribution in [3.05, 3.63) is 58.9 Å². The Hall–Kier alpha value is -2.59. The number of morpholine rings is 1. The summed E-state index contributed by atoms with van der Waals surface area (Å²) >= 11 is 8.15. The molecule has 2 aliphatic heterocycles. The van der Waals surface area contributed by atoms with Crippen LogP contribution >= 0.6 is 23.4 Å². The van der Waals surface area contributed by atoms with Crippen molar-refractivity contribution >= 4 is 40.8 Å². The predicted molar refractivity (Wildman–Crippen MR) is 144 cm³/mol. The number of rotatable bonds is 4. The van der Waals surface area contributed by atoms with Crippen molar-refractivity contribution in [3.8, 4) is 0 Å². The van der Waals surface area contributed by atoms with E-state index in [1.807, 2.05) is 12.3 Å². The Kier molecular flexibility index (Phi) is 6.41. The standard InChI is InChI=1S/C26H30ClN7OS/c27-21-19(5-8-30-24(21)34-11-13-35-14-12-34)36-25-23(29)32-20(16-31-25)33-9-6-26(7-10-33)15-17-3-1-2-4-18(17)22(26)28/h1-5,8,16,22H,6-7,9-15,28H2,(H2,29,32)/t22-/m1/s1. The van der Waals surface area contributed by atoms with E-state index in [0.29, 0.717) is 29.1 Å². The second-order valence-electron chi connectivity index (χ2n) is 9.77. The average molecular weight is 524 g/mol. The lowest BCUT2D eigenvalue weighted by molar-refractivity contribution is 0.122. The van der Waals surface area contributed by atoms with Crippen LogP contribution < -0.4 is 21.3 Å². The molecule has 4 N–H and O–H groups in total. The van der Waals surface area contributed by atoms with Gasteiger partial charge in [-0.2, -0.15) is 0 Å². The summed E-state index contributed by atoms with van der Waals surface area (Å²) in [6.45, 7) is 4.66. The fraction of sp³-hybridized carbons (Fsp3) is 0.423. The average Bonchev–Trinajstić information content (AvgIpc) is 3.18. The molecule has 6 rings (SSSR count). The molecule has 1 aromatic carbocycles. The summed E-state index contributed by atoms with van der Waals surface area (Å²) in [5, 5.41) is 1.24.